The van der Waals surface area contributed by atoms with Crippen LogP contribution in [0.1, 0.15) is 31.4 Å². The van der Waals surface area contributed by atoms with Crippen LogP contribution in [-0.2, 0) is 10.2 Å². The Labute approximate surface area is 125 Å². The van der Waals surface area contributed by atoms with Crippen molar-refractivity contribution in [2.75, 3.05) is 32.0 Å². The zero-order valence-electron chi connectivity index (χ0n) is 12.3. The molecule has 2 fully saturated rings. The Balaban J connectivity index is 1.69. The van der Waals surface area contributed by atoms with Crippen molar-refractivity contribution >= 4 is 5.69 Å². The summed E-state index contributed by atoms with van der Waals surface area (Å²) < 4.78 is 5.42. The van der Waals surface area contributed by atoms with Crippen molar-refractivity contribution in [3.63, 3.8) is 0 Å². The average molecular weight is 286 g/mol. The van der Waals surface area contributed by atoms with E-state index in [1.807, 2.05) is 12.1 Å². The van der Waals surface area contributed by atoms with Gasteiger partial charge in [-0.05, 0) is 37.8 Å². The number of nitriles is 1. The summed E-state index contributed by atoms with van der Waals surface area (Å²) in [5.41, 5.74) is 6.78. The fourth-order valence-electron chi connectivity index (χ4n) is 3.52. The lowest BCUT2D eigenvalue weighted by molar-refractivity contribution is 0.00493. The summed E-state index contributed by atoms with van der Waals surface area (Å²) in [6.45, 7) is 3.70. The van der Waals surface area contributed by atoms with Crippen LogP contribution in [0.2, 0.25) is 0 Å². The molecule has 0 radical (unpaired) electrons. The van der Waals surface area contributed by atoms with Gasteiger partial charge in [0.05, 0.1) is 42.3 Å². The first kappa shape index (κ1) is 14.3. The van der Waals surface area contributed by atoms with Crippen LogP contribution >= 0.6 is 0 Å². The molecule has 1 aliphatic carbocycles. The molecule has 5 heteroatoms. The van der Waals surface area contributed by atoms with Crippen molar-refractivity contribution in [3.05, 3.63) is 24.0 Å². The molecule has 5 nitrogen and oxygen atoms in total. The lowest BCUT2D eigenvalue weighted by atomic mass is 9.71. The minimum atomic E-state index is -0.434. The van der Waals surface area contributed by atoms with Gasteiger partial charge in [0, 0.05) is 19.1 Å². The van der Waals surface area contributed by atoms with Gasteiger partial charge in [-0.2, -0.15) is 5.26 Å². The highest BCUT2D eigenvalue weighted by Crippen LogP contribution is 2.39. The molecular weight excluding hydrogens is 264 g/mol. The first-order valence-electron chi connectivity index (χ1n) is 7.69. The van der Waals surface area contributed by atoms with Gasteiger partial charge in [0.2, 0.25) is 0 Å². The minimum absolute atomic E-state index is 0.434. The van der Waals surface area contributed by atoms with Crippen LogP contribution < -0.4 is 5.73 Å². The van der Waals surface area contributed by atoms with Crippen LogP contribution in [0.15, 0.2) is 18.3 Å². The van der Waals surface area contributed by atoms with Gasteiger partial charge in [0.1, 0.15) is 0 Å². The summed E-state index contributed by atoms with van der Waals surface area (Å²) in [6.07, 6.45) is 5.52. The third-order valence-corrected chi connectivity index (χ3v) is 4.86. The molecule has 112 valence electrons. The second kappa shape index (κ2) is 6.00. The minimum Gasteiger partial charge on any atom is -0.397 e. The maximum atomic E-state index is 9.71. The van der Waals surface area contributed by atoms with Crippen molar-refractivity contribution < 1.29 is 4.74 Å². The lowest BCUT2D eigenvalue weighted by Gasteiger charge is -2.41. The molecule has 0 bridgehead atoms. The zero-order chi connectivity index (χ0) is 14.7. The monoisotopic (exact) mass is 286 g/mol. The quantitative estimate of drug-likeness (QED) is 0.895. The number of pyridine rings is 1. The van der Waals surface area contributed by atoms with Crippen molar-refractivity contribution in [2.24, 2.45) is 0 Å². The number of hydrogen-bond acceptors (Lipinski definition) is 5. The summed E-state index contributed by atoms with van der Waals surface area (Å²) in [4.78, 5) is 6.92. The molecule has 2 heterocycles. The van der Waals surface area contributed by atoms with E-state index in [0.29, 0.717) is 11.7 Å². The fraction of sp³-hybridized carbons (Fsp3) is 0.625. The van der Waals surface area contributed by atoms with Crippen molar-refractivity contribution in [1.82, 2.24) is 9.88 Å². The molecule has 0 amide bonds. The Kier molecular flexibility index (Phi) is 4.09. The van der Waals surface area contributed by atoms with Crippen LogP contribution in [0.3, 0.4) is 0 Å². The van der Waals surface area contributed by atoms with Gasteiger partial charge in [0.25, 0.3) is 0 Å². The second-order valence-electron chi connectivity index (χ2n) is 6.05. The van der Waals surface area contributed by atoms with Gasteiger partial charge < -0.3 is 10.5 Å². The highest BCUT2D eigenvalue weighted by Gasteiger charge is 2.39. The molecule has 1 saturated carbocycles. The van der Waals surface area contributed by atoms with Gasteiger partial charge >= 0.3 is 0 Å². The van der Waals surface area contributed by atoms with E-state index in [9.17, 15) is 5.26 Å². The normalized spacial score (nSPS) is 30.7. The van der Waals surface area contributed by atoms with E-state index in [4.69, 9.17) is 10.5 Å². The lowest BCUT2D eigenvalue weighted by Crippen LogP contribution is -2.47. The first-order valence-corrected chi connectivity index (χ1v) is 7.69. The van der Waals surface area contributed by atoms with E-state index in [1.165, 1.54) is 0 Å². The van der Waals surface area contributed by atoms with Gasteiger partial charge in [-0.3, -0.25) is 9.88 Å². The maximum Gasteiger partial charge on any atom is 0.0994 e. The highest BCUT2D eigenvalue weighted by atomic mass is 16.5. The standard InChI is InChI=1S/C16H22N4O/c17-12-16(15-2-1-13(18)11-19-15)5-3-14(4-6-16)20-7-9-21-10-8-20/h1-2,11,14H,3-10,18H2. The summed E-state index contributed by atoms with van der Waals surface area (Å²) in [5, 5.41) is 9.71. The van der Waals surface area contributed by atoms with Gasteiger partial charge in [-0.15, -0.1) is 0 Å². The van der Waals surface area contributed by atoms with E-state index >= 15 is 0 Å². The smallest absolute Gasteiger partial charge is 0.0994 e. The maximum absolute atomic E-state index is 9.71. The zero-order valence-corrected chi connectivity index (χ0v) is 12.3. The summed E-state index contributed by atoms with van der Waals surface area (Å²) in [6, 6.07) is 6.87. The second-order valence-corrected chi connectivity index (χ2v) is 6.05. The molecule has 1 saturated heterocycles. The predicted molar refractivity (Wildman–Crippen MR) is 80.6 cm³/mol. The molecule has 2 aliphatic rings. The van der Waals surface area contributed by atoms with E-state index < -0.39 is 5.41 Å². The summed E-state index contributed by atoms with van der Waals surface area (Å²) in [5.74, 6) is 0. The average Bonchev–Trinajstić information content (AvgIpc) is 2.56. The third-order valence-electron chi connectivity index (χ3n) is 4.86. The number of aromatic nitrogens is 1. The molecule has 1 aliphatic heterocycles. The Hall–Kier alpha value is -1.64. The molecule has 0 spiro atoms. The molecular formula is C16H22N4O. The Morgan fingerprint density at radius 3 is 2.57 bits per heavy atom. The SMILES string of the molecule is N#CC1(c2ccc(N)cn2)CCC(N2CCOCC2)CC1. The van der Waals surface area contributed by atoms with Crippen molar-refractivity contribution in [3.8, 4) is 6.07 Å². The van der Waals surface area contributed by atoms with Crippen LogP contribution in [0.25, 0.3) is 0 Å². The van der Waals surface area contributed by atoms with Gasteiger partial charge in [-0.25, -0.2) is 0 Å². The van der Waals surface area contributed by atoms with Crippen LogP contribution in [0.5, 0.6) is 0 Å². The Morgan fingerprint density at radius 1 is 1.29 bits per heavy atom. The number of rotatable bonds is 2. The molecule has 3 rings (SSSR count). The number of hydrogen-bond donors (Lipinski definition) is 1. The number of anilines is 1. The van der Waals surface area contributed by atoms with E-state index in [0.717, 1.165) is 57.7 Å². The summed E-state index contributed by atoms with van der Waals surface area (Å²) in [7, 11) is 0. The molecule has 0 aromatic carbocycles. The molecule has 2 N–H and O–H groups in total. The van der Waals surface area contributed by atoms with Crippen LogP contribution in [0.4, 0.5) is 5.69 Å². The van der Waals surface area contributed by atoms with Gasteiger partial charge in [-0.1, -0.05) is 0 Å². The number of nitrogens with two attached hydrogens (primary N) is 1. The molecule has 0 atom stereocenters. The largest absolute Gasteiger partial charge is 0.397 e. The topological polar surface area (TPSA) is 75.2 Å². The van der Waals surface area contributed by atoms with Crippen LogP contribution in [-0.4, -0.2) is 42.2 Å². The number of nitrogen functional groups attached to an aromatic ring is 1. The molecule has 0 unspecified atom stereocenters. The fourth-order valence-corrected chi connectivity index (χ4v) is 3.52. The number of morpholine rings is 1. The molecule has 21 heavy (non-hydrogen) atoms. The van der Waals surface area contributed by atoms with E-state index in [1.54, 1.807) is 6.20 Å². The van der Waals surface area contributed by atoms with Crippen molar-refractivity contribution in [2.45, 2.75) is 37.1 Å². The van der Waals surface area contributed by atoms with E-state index in [2.05, 4.69) is 16.0 Å². The van der Waals surface area contributed by atoms with E-state index in [-0.39, 0.29) is 0 Å². The molecule has 1 aromatic heterocycles. The van der Waals surface area contributed by atoms with Crippen molar-refractivity contribution in [1.29, 1.82) is 5.26 Å². The van der Waals surface area contributed by atoms with Crippen LogP contribution in [0, 0.1) is 11.3 Å². The predicted octanol–water partition coefficient (Wildman–Crippen LogP) is 1.70. The number of nitrogens with zero attached hydrogens (tertiary/aromatic N) is 3. The molecule has 1 aromatic rings. The third kappa shape index (κ3) is 2.87. The Morgan fingerprint density at radius 2 is 2.00 bits per heavy atom. The van der Waals surface area contributed by atoms with Gasteiger partial charge in [0.15, 0.2) is 0 Å². The number of ether oxygens (including phenoxy) is 1. The highest BCUT2D eigenvalue weighted by molar-refractivity contribution is 5.38. The Bertz CT molecular complexity index is 508. The summed E-state index contributed by atoms with van der Waals surface area (Å²) >= 11 is 0. The first-order chi connectivity index (χ1) is 10.2.